The van der Waals surface area contributed by atoms with E-state index in [1.807, 2.05) is 6.07 Å². The van der Waals surface area contributed by atoms with E-state index in [0.29, 0.717) is 40.8 Å². The number of ether oxygens (including phenoxy) is 2. The number of methoxy groups -OCH3 is 1. The van der Waals surface area contributed by atoms with Crippen molar-refractivity contribution in [3.63, 3.8) is 0 Å². The maximum absolute atomic E-state index is 13.0. The van der Waals surface area contributed by atoms with Crippen LogP contribution in [0.4, 0.5) is 5.00 Å². The Hall–Kier alpha value is -3.23. The molecule has 0 radical (unpaired) electrons. The zero-order valence-corrected chi connectivity index (χ0v) is 19.4. The number of pyridine rings is 1. The van der Waals surface area contributed by atoms with Gasteiger partial charge in [0.05, 0.1) is 11.8 Å². The van der Waals surface area contributed by atoms with Crippen molar-refractivity contribution in [2.75, 3.05) is 25.6 Å². The molecule has 8 heteroatoms. The number of rotatable bonds is 9. The standard InChI is InChI=1S/C25H27N3O4S/c1-31-15-5-14-27-24(30)22-20-7-2-3-8-21(20)33-25(22)28-23(29)17-9-11-18(12-10-17)32-19-6-4-13-26-16-19/h4,6,9-13,16H,2-3,5,7-8,14-15H2,1H3,(H,27,30)(H,28,29). The number of nitrogens with one attached hydrogen (secondary N) is 2. The molecule has 0 unspecified atom stereocenters. The molecule has 0 bridgehead atoms. The number of aryl methyl sites for hydroxylation is 1. The van der Waals surface area contributed by atoms with Crippen molar-refractivity contribution >= 4 is 28.2 Å². The number of hydrogen-bond donors (Lipinski definition) is 2. The van der Waals surface area contributed by atoms with Crippen LogP contribution in [0.3, 0.4) is 0 Å². The lowest BCUT2D eigenvalue weighted by molar-refractivity contribution is 0.0948. The third-order valence-electron chi connectivity index (χ3n) is 5.42. The van der Waals surface area contributed by atoms with E-state index in [1.54, 1.807) is 49.8 Å². The van der Waals surface area contributed by atoms with Gasteiger partial charge in [0.25, 0.3) is 11.8 Å². The highest BCUT2D eigenvalue weighted by molar-refractivity contribution is 7.17. The summed E-state index contributed by atoms with van der Waals surface area (Å²) in [6, 6.07) is 10.5. The topological polar surface area (TPSA) is 89.6 Å². The number of fused-ring (bicyclic) bond motifs is 1. The summed E-state index contributed by atoms with van der Waals surface area (Å²) in [4.78, 5) is 31.2. The molecule has 1 aliphatic carbocycles. The van der Waals surface area contributed by atoms with E-state index in [1.165, 1.54) is 16.2 Å². The van der Waals surface area contributed by atoms with E-state index < -0.39 is 0 Å². The molecule has 0 aliphatic heterocycles. The van der Waals surface area contributed by atoms with Crippen LogP contribution in [0.1, 0.15) is 50.4 Å². The molecule has 2 aromatic heterocycles. The molecule has 0 atom stereocenters. The molecule has 2 heterocycles. The Morgan fingerprint density at radius 2 is 1.88 bits per heavy atom. The number of nitrogens with zero attached hydrogens (tertiary/aromatic N) is 1. The first-order chi connectivity index (χ1) is 16.2. The van der Waals surface area contributed by atoms with E-state index in [2.05, 4.69) is 15.6 Å². The first-order valence-electron chi connectivity index (χ1n) is 11.1. The van der Waals surface area contributed by atoms with Gasteiger partial charge in [0.2, 0.25) is 0 Å². The summed E-state index contributed by atoms with van der Waals surface area (Å²) >= 11 is 1.51. The van der Waals surface area contributed by atoms with Gasteiger partial charge >= 0.3 is 0 Å². The maximum Gasteiger partial charge on any atom is 0.256 e. The molecular weight excluding hydrogens is 438 g/mol. The summed E-state index contributed by atoms with van der Waals surface area (Å²) in [5.41, 5.74) is 2.18. The smallest absolute Gasteiger partial charge is 0.256 e. The number of carbonyl (C=O) groups excluding carboxylic acids is 2. The van der Waals surface area contributed by atoms with Crippen molar-refractivity contribution in [3.05, 3.63) is 70.4 Å². The molecule has 172 valence electrons. The molecule has 7 nitrogen and oxygen atoms in total. The maximum atomic E-state index is 13.0. The lowest BCUT2D eigenvalue weighted by Gasteiger charge is -2.13. The molecular formula is C25H27N3O4S. The molecule has 0 saturated carbocycles. The van der Waals surface area contributed by atoms with Crippen molar-refractivity contribution < 1.29 is 19.1 Å². The van der Waals surface area contributed by atoms with Crippen LogP contribution in [-0.2, 0) is 17.6 Å². The van der Waals surface area contributed by atoms with Gasteiger partial charge in [-0.15, -0.1) is 11.3 Å². The summed E-state index contributed by atoms with van der Waals surface area (Å²) in [6.45, 7) is 1.12. The van der Waals surface area contributed by atoms with E-state index >= 15 is 0 Å². The van der Waals surface area contributed by atoms with Crippen molar-refractivity contribution in [1.82, 2.24) is 10.3 Å². The molecule has 0 spiro atoms. The lowest BCUT2D eigenvalue weighted by atomic mass is 9.95. The Morgan fingerprint density at radius 1 is 1.06 bits per heavy atom. The minimum absolute atomic E-state index is 0.138. The largest absolute Gasteiger partial charge is 0.456 e. The summed E-state index contributed by atoms with van der Waals surface area (Å²) in [6.07, 6.45) is 8.01. The van der Waals surface area contributed by atoms with Crippen LogP contribution in [-0.4, -0.2) is 37.1 Å². The predicted octanol–water partition coefficient (Wildman–Crippen LogP) is 4.83. The third kappa shape index (κ3) is 5.77. The second-order valence-electron chi connectivity index (χ2n) is 7.79. The molecule has 1 aromatic carbocycles. The van der Waals surface area contributed by atoms with E-state index in [4.69, 9.17) is 9.47 Å². The van der Waals surface area contributed by atoms with Gasteiger partial charge in [0, 0.05) is 36.9 Å². The van der Waals surface area contributed by atoms with Crippen molar-refractivity contribution in [1.29, 1.82) is 0 Å². The van der Waals surface area contributed by atoms with Gasteiger partial charge in [0.15, 0.2) is 0 Å². The van der Waals surface area contributed by atoms with Crippen molar-refractivity contribution in [2.24, 2.45) is 0 Å². The third-order valence-corrected chi connectivity index (χ3v) is 6.63. The highest BCUT2D eigenvalue weighted by Gasteiger charge is 2.26. The van der Waals surface area contributed by atoms with E-state index in [9.17, 15) is 9.59 Å². The zero-order valence-electron chi connectivity index (χ0n) is 18.6. The Balaban J connectivity index is 1.48. The molecule has 4 rings (SSSR count). The molecule has 33 heavy (non-hydrogen) atoms. The summed E-state index contributed by atoms with van der Waals surface area (Å²) < 4.78 is 10.8. The highest BCUT2D eigenvalue weighted by Crippen LogP contribution is 2.38. The van der Waals surface area contributed by atoms with Crippen LogP contribution in [0.15, 0.2) is 48.8 Å². The van der Waals surface area contributed by atoms with Crippen LogP contribution in [0.5, 0.6) is 11.5 Å². The average Bonchev–Trinajstić information content (AvgIpc) is 3.20. The zero-order chi connectivity index (χ0) is 23.0. The van der Waals surface area contributed by atoms with Gasteiger partial charge in [0.1, 0.15) is 16.5 Å². The number of anilines is 1. The van der Waals surface area contributed by atoms with E-state index in [-0.39, 0.29) is 11.8 Å². The van der Waals surface area contributed by atoms with E-state index in [0.717, 1.165) is 37.7 Å². The minimum Gasteiger partial charge on any atom is -0.456 e. The molecule has 0 saturated heterocycles. The lowest BCUT2D eigenvalue weighted by Crippen LogP contribution is -2.27. The van der Waals surface area contributed by atoms with Crippen LogP contribution in [0.25, 0.3) is 0 Å². The van der Waals surface area contributed by atoms with Gasteiger partial charge in [-0.1, -0.05) is 0 Å². The fourth-order valence-electron chi connectivity index (χ4n) is 3.79. The Morgan fingerprint density at radius 3 is 2.64 bits per heavy atom. The van der Waals surface area contributed by atoms with Gasteiger partial charge < -0.3 is 20.1 Å². The molecule has 3 aromatic rings. The Kier molecular flexibility index (Phi) is 7.70. The number of benzene rings is 1. The van der Waals surface area contributed by atoms with Crippen LogP contribution >= 0.6 is 11.3 Å². The second kappa shape index (κ2) is 11.1. The molecule has 0 fully saturated rings. The average molecular weight is 466 g/mol. The van der Waals surface area contributed by atoms with Crippen molar-refractivity contribution in [2.45, 2.75) is 32.1 Å². The second-order valence-corrected chi connectivity index (χ2v) is 8.89. The number of thiophene rings is 1. The number of carbonyl (C=O) groups is 2. The Bertz CT molecular complexity index is 1100. The number of aromatic nitrogens is 1. The molecule has 2 amide bonds. The van der Waals surface area contributed by atoms with Gasteiger partial charge in [-0.3, -0.25) is 14.6 Å². The van der Waals surface area contributed by atoms with Crippen LogP contribution in [0, 0.1) is 0 Å². The highest BCUT2D eigenvalue weighted by atomic mass is 32.1. The van der Waals surface area contributed by atoms with Crippen LogP contribution < -0.4 is 15.4 Å². The van der Waals surface area contributed by atoms with Gasteiger partial charge in [-0.05, 0) is 74.1 Å². The summed E-state index contributed by atoms with van der Waals surface area (Å²) in [7, 11) is 1.64. The number of amides is 2. The van der Waals surface area contributed by atoms with Gasteiger partial charge in [-0.25, -0.2) is 0 Å². The predicted molar refractivity (Wildman–Crippen MR) is 128 cm³/mol. The fourth-order valence-corrected chi connectivity index (χ4v) is 5.08. The molecule has 1 aliphatic rings. The Labute approximate surface area is 197 Å². The first-order valence-corrected chi connectivity index (χ1v) is 11.9. The first kappa shape index (κ1) is 22.9. The molecule has 2 N–H and O–H groups in total. The number of hydrogen-bond acceptors (Lipinski definition) is 6. The summed E-state index contributed by atoms with van der Waals surface area (Å²) in [5.74, 6) is 0.846. The monoisotopic (exact) mass is 465 g/mol. The van der Waals surface area contributed by atoms with Crippen molar-refractivity contribution in [3.8, 4) is 11.5 Å². The summed E-state index contributed by atoms with van der Waals surface area (Å²) in [5, 5.41) is 6.57. The normalized spacial score (nSPS) is 12.6. The SMILES string of the molecule is COCCCNC(=O)c1c(NC(=O)c2ccc(Oc3cccnc3)cc2)sc2c1CCCC2. The van der Waals surface area contributed by atoms with Crippen LogP contribution in [0.2, 0.25) is 0 Å². The minimum atomic E-state index is -0.255. The quantitative estimate of drug-likeness (QED) is 0.442. The van der Waals surface area contributed by atoms with Gasteiger partial charge in [-0.2, -0.15) is 0 Å². The fraction of sp³-hybridized carbons (Fsp3) is 0.320.